The normalized spacial score (nSPS) is 16.5. The van der Waals surface area contributed by atoms with Crippen molar-refractivity contribution in [3.05, 3.63) is 107 Å². The van der Waals surface area contributed by atoms with Gasteiger partial charge in [0.05, 0.1) is 18.2 Å². The molecule has 0 aliphatic carbocycles. The van der Waals surface area contributed by atoms with Crippen molar-refractivity contribution < 1.29 is 19.0 Å². The molecule has 0 radical (unpaired) electrons. The van der Waals surface area contributed by atoms with Gasteiger partial charge in [0, 0.05) is 13.1 Å². The molecule has 0 saturated heterocycles. The molecule has 3 aromatic rings. The summed E-state index contributed by atoms with van der Waals surface area (Å²) in [4.78, 5) is 15.0. The number of hydrogen-bond donors (Lipinski definition) is 0. The third-order valence-electron chi connectivity index (χ3n) is 5.58. The predicted octanol–water partition coefficient (Wildman–Crippen LogP) is 5.22. The molecule has 0 atom stereocenters. The molecule has 32 heavy (non-hydrogen) atoms. The van der Waals surface area contributed by atoms with E-state index in [0.29, 0.717) is 30.3 Å². The first-order valence-corrected chi connectivity index (χ1v) is 10.5. The van der Waals surface area contributed by atoms with Gasteiger partial charge >= 0.3 is 0 Å². The third-order valence-corrected chi connectivity index (χ3v) is 5.58. The summed E-state index contributed by atoms with van der Waals surface area (Å²) in [5, 5.41) is 0. The van der Waals surface area contributed by atoms with Crippen LogP contribution in [0.4, 0.5) is 0 Å². The molecular weight excluding hydrogens is 402 g/mol. The molecule has 2 heterocycles. The van der Waals surface area contributed by atoms with Gasteiger partial charge in [-0.1, -0.05) is 54.6 Å². The van der Waals surface area contributed by atoms with Crippen molar-refractivity contribution in [2.75, 3.05) is 13.8 Å². The van der Waals surface area contributed by atoms with Crippen LogP contribution < -0.4 is 14.2 Å². The summed E-state index contributed by atoms with van der Waals surface area (Å²) in [6, 6.07) is 21.6. The average Bonchev–Trinajstić information content (AvgIpc) is 3.16. The van der Waals surface area contributed by atoms with E-state index in [-0.39, 0.29) is 5.78 Å². The first kappa shape index (κ1) is 20.1. The molecule has 0 aromatic heterocycles. The molecule has 0 spiro atoms. The van der Waals surface area contributed by atoms with Gasteiger partial charge in [-0.15, -0.1) is 0 Å². The highest BCUT2D eigenvalue weighted by molar-refractivity contribution is 6.13. The van der Waals surface area contributed by atoms with Gasteiger partial charge < -0.3 is 14.2 Å². The number of ketones is 1. The maximum atomic E-state index is 12.9. The molecular formula is C27H23NO4. The summed E-state index contributed by atoms with van der Waals surface area (Å²) in [5.41, 5.74) is 3.71. The van der Waals surface area contributed by atoms with Gasteiger partial charge in [0.1, 0.15) is 24.0 Å². The fraction of sp³-hybridized carbons (Fsp3) is 0.148. The Labute approximate surface area is 187 Å². The van der Waals surface area contributed by atoms with Gasteiger partial charge in [0.2, 0.25) is 5.78 Å². The number of carbonyl (C=O) groups is 1. The third kappa shape index (κ3) is 4.03. The van der Waals surface area contributed by atoms with Crippen molar-refractivity contribution in [2.45, 2.75) is 13.1 Å². The topological polar surface area (TPSA) is 48.0 Å². The molecule has 0 unspecified atom stereocenters. The fourth-order valence-electron chi connectivity index (χ4n) is 3.92. The highest BCUT2D eigenvalue weighted by Gasteiger charge is 2.33. The molecule has 0 fully saturated rings. The zero-order valence-corrected chi connectivity index (χ0v) is 17.8. The number of benzene rings is 3. The highest BCUT2D eigenvalue weighted by Crippen LogP contribution is 2.41. The van der Waals surface area contributed by atoms with E-state index in [2.05, 4.69) is 4.90 Å². The van der Waals surface area contributed by atoms with Gasteiger partial charge in [0.25, 0.3) is 0 Å². The van der Waals surface area contributed by atoms with Crippen LogP contribution in [0, 0.1) is 0 Å². The summed E-state index contributed by atoms with van der Waals surface area (Å²) in [7, 11) is 1.66. The fourth-order valence-corrected chi connectivity index (χ4v) is 3.92. The van der Waals surface area contributed by atoms with Crippen LogP contribution in [0.3, 0.4) is 0 Å². The molecule has 0 amide bonds. The summed E-state index contributed by atoms with van der Waals surface area (Å²) < 4.78 is 17.2. The lowest BCUT2D eigenvalue weighted by molar-refractivity contribution is 0.0872. The minimum absolute atomic E-state index is 0.104. The Balaban J connectivity index is 1.34. The van der Waals surface area contributed by atoms with Crippen LogP contribution in [0.15, 0.2) is 84.6 Å². The molecule has 5 heteroatoms. The molecule has 3 aromatic carbocycles. The van der Waals surface area contributed by atoms with Crippen molar-refractivity contribution in [1.29, 1.82) is 0 Å². The second kappa shape index (κ2) is 8.73. The number of fused-ring (bicyclic) bond motifs is 3. The van der Waals surface area contributed by atoms with Crippen LogP contribution in [-0.2, 0) is 13.1 Å². The minimum Gasteiger partial charge on any atom is -0.497 e. The molecule has 2 aliphatic rings. The Hall–Kier alpha value is -3.83. The van der Waals surface area contributed by atoms with Crippen molar-refractivity contribution in [3.8, 4) is 17.2 Å². The van der Waals surface area contributed by atoms with Crippen LogP contribution in [0.2, 0.25) is 0 Å². The number of nitrogens with zero attached hydrogens (tertiary/aromatic N) is 1. The van der Waals surface area contributed by atoms with Crippen LogP contribution in [0.25, 0.3) is 6.08 Å². The van der Waals surface area contributed by atoms with E-state index in [4.69, 9.17) is 14.2 Å². The van der Waals surface area contributed by atoms with Crippen molar-refractivity contribution in [3.63, 3.8) is 0 Å². The largest absolute Gasteiger partial charge is 0.497 e. The van der Waals surface area contributed by atoms with E-state index in [1.807, 2.05) is 72.8 Å². The molecule has 0 bridgehead atoms. The summed E-state index contributed by atoms with van der Waals surface area (Å²) in [5.74, 6) is 2.43. The average molecular weight is 425 g/mol. The second-order valence-electron chi connectivity index (χ2n) is 7.76. The van der Waals surface area contributed by atoms with Crippen molar-refractivity contribution in [1.82, 2.24) is 4.90 Å². The highest BCUT2D eigenvalue weighted by atomic mass is 16.5. The maximum Gasteiger partial charge on any atom is 0.231 e. The standard InChI is InChI=1S/C27H23NO4/c1-30-21-12-10-20(11-13-21)16-28-17-23-24(31-18-28)15-14-22-26(29)25(32-27(22)23)9-5-8-19-6-3-2-4-7-19/h2-15H,16-18H2,1H3/b8-5+,25-9-. The number of hydrogen-bond acceptors (Lipinski definition) is 5. The lowest BCUT2D eigenvalue weighted by atomic mass is 10.0. The van der Waals surface area contributed by atoms with E-state index < -0.39 is 0 Å². The predicted molar refractivity (Wildman–Crippen MR) is 123 cm³/mol. The SMILES string of the molecule is COc1ccc(CN2COc3ccc4c(c3C2)O/C(=C\C=C\c2ccccc2)C4=O)cc1. The van der Waals surface area contributed by atoms with Crippen molar-refractivity contribution >= 4 is 11.9 Å². The number of ether oxygens (including phenoxy) is 3. The first-order chi connectivity index (χ1) is 15.7. The molecule has 0 saturated carbocycles. The second-order valence-corrected chi connectivity index (χ2v) is 7.76. The molecule has 5 nitrogen and oxygen atoms in total. The van der Waals surface area contributed by atoms with Gasteiger partial charge in [-0.25, -0.2) is 0 Å². The Kier molecular flexibility index (Phi) is 5.48. The quantitative estimate of drug-likeness (QED) is 0.525. The number of carbonyl (C=O) groups excluding carboxylic acids is 1. The Morgan fingerprint density at radius 1 is 1.03 bits per heavy atom. The van der Waals surface area contributed by atoms with Gasteiger partial charge in [0.15, 0.2) is 5.76 Å². The van der Waals surface area contributed by atoms with E-state index in [1.54, 1.807) is 19.3 Å². The summed E-state index contributed by atoms with van der Waals surface area (Å²) in [6.07, 6.45) is 5.51. The number of rotatable bonds is 5. The lowest BCUT2D eigenvalue weighted by Gasteiger charge is -2.29. The van der Waals surface area contributed by atoms with Crippen molar-refractivity contribution in [2.24, 2.45) is 0 Å². The number of methoxy groups -OCH3 is 1. The van der Waals surface area contributed by atoms with Gasteiger partial charge in [-0.3, -0.25) is 9.69 Å². The van der Waals surface area contributed by atoms with E-state index >= 15 is 0 Å². The molecule has 5 rings (SSSR count). The summed E-state index contributed by atoms with van der Waals surface area (Å²) in [6.45, 7) is 1.85. The van der Waals surface area contributed by atoms with E-state index in [9.17, 15) is 4.79 Å². The number of allylic oxidation sites excluding steroid dienone is 3. The summed E-state index contributed by atoms with van der Waals surface area (Å²) >= 11 is 0. The Bertz CT molecular complexity index is 1200. The van der Waals surface area contributed by atoms with E-state index in [1.165, 1.54) is 0 Å². The Morgan fingerprint density at radius 3 is 2.62 bits per heavy atom. The zero-order valence-electron chi connectivity index (χ0n) is 17.8. The zero-order chi connectivity index (χ0) is 21.9. The monoisotopic (exact) mass is 425 g/mol. The van der Waals surface area contributed by atoms with E-state index in [0.717, 1.165) is 34.7 Å². The van der Waals surface area contributed by atoms with Crippen LogP contribution >= 0.6 is 0 Å². The number of Topliss-reactive ketones (excluding diaryl/α,β-unsaturated/α-hetero) is 1. The van der Waals surface area contributed by atoms with Crippen LogP contribution in [-0.4, -0.2) is 24.5 Å². The minimum atomic E-state index is -0.104. The lowest BCUT2D eigenvalue weighted by Crippen LogP contribution is -2.31. The van der Waals surface area contributed by atoms with Gasteiger partial charge in [-0.2, -0.15) is 0 Å². The van der Waals surface area contributed by atoms with Crippen LogP contribution in [0.1, 0.15) is 27.0 Å². The molecule has 2 aliphatic heterocycles. The molecule has 0 N–H and O–H groups in total. The first-order valence-electron chi connectivity index (χ1n) is 10.5. The molecule has 160 valence electrons. The Morgan fingerprint density at radius 2 is 1.84 bits per heavy atom. The van der Waals surface area contributed by atoms with Crippen LogP contribution in [0.5, 0.6) is 17.2 Å². The van der Waals surface area contributed by atoms with Gasteiger partial charge in [-0.05, 0) is 41.5 Å². The smallest absolute Gasteiger partial charge is 0.231 e. The maximum absolute atomic E-state index is 12.9.